The third-order valence-electron chi connectivity index (χ3n) is 6.48. The fraction of sp³-hybridized carbons (Fsp3) is 0.524. The van der Waals surface area contributed by atoms with Crippen molar-refractivity contribution in [3.8, 4) is 0 Å². The Morgan fingerprint density at radius 1 is 1.00 bits per heavy atom. The summed E-state index contributed by atoms with van der Waals surface area (Å²) in [6, 6.07) is 4.04. The van der Waals surface area contributed by atoms with Crippen LogP contribution in [0.25, 0.3) is 11.0 Å². The zero-order valence-corrected chi connectivity index (χ0v) is 17.2. The summed E-state index contributed by atoms with van der Waals surface area (Å²) in [6.07, 6.45) is -4.99. The van der Waals surface area contributed by atoms with Crippen LogP contribution in [0.3, 0.4) is 0 Å². The van der Waals surface area contributed by atoms with Crippen molar-refractivity contribution >= 4 is 23.1 Å². The van der Waals surface area contributed by atoms with E-state index < -0.39 is 42.8 Å². The predicted molar refractivity (Wildman–Crippen MR) is 106 cm³/mol. The Morgan fingerprint density at radius 3 is 2.16 bits per heavy atom. The maximum Gasteiger partial charge on any atom is 0.412 e. The monoisotopic (exact) mass is 445 g/mol. The molecule has 2 fully saturated rings. The number of aliphatic hydroxyl groups excluding tert-OH is 3. The molecule has 1 aromatic carbocycles. The summed E-state index contributed by atoms with van der Waals surface area (Å²) in [6.45, 7) is 0.811. The molecular weight excluding hydrogens is 422 g/mol. The van der Waals surface area contributed by atoms with Crippen LogP contribution in [0.2, 0.25) is 0 Å². The van der Waals surface area contributed by atoms with Crippen LogP contribution in [0.15, 0.2) is 24.5 Å². The molecule has 0 saturated carbocycles. The number of nitrogens with zero attached hydrogens (tertiary/aromatic N) is 3. The standard InChI is InChI=1S/C21H23N3O8/c1-30-19(28)18-16(26)15(25)17(27)20(31-18)32-21(29)24-7-9-4-10(8-24)12-6-14-13(5-11(9)12)22-2-3-23-14/h2-3,5-6,9-10,15-18,20,25-27H,4,7-8H2,1H3/t9?,10?,15-,16-,17+,18-,20-/m0/s1. The van der Waals surface area contributed by atoms with Crippen LogP contribution in [0, 0.1) is 0 Å². The number of amides is 1. The smallest absolute Gasteiger partial charge is 0.412 e. The molecule has 2 unspecified atom stereocenters. The molecule has 2 aromatic rings. The van der Waals surface area contributed by atoms with Crippen molar-refractivity contribution < 1.29 is 39.1 Å². The van der Waals surface area contributed by atoms with Gasteiger partial charge in [-0.15, -0.1) is 0 Å². The number of esters is 1. The maximum atomic E-state index is 12.9. The highest BCUT2D eigenvalue weighted by molar-refractivity contribution is 5.78. The number of rotatable bonds is 2. The van der Waals surface area contributed by atoms with E-state index in [1.807, 2.05) is 12.1 Å². The van der Waals surface area contributed by atoms with E-state index in [1.165, 1.54) is 4.90 Å². The van der Waals surface area contributed by atoms with Crippen LogP contribution >= 0.6 is 0 Å². The lowest BCUT2D eigenvalue weighted by atomic mass is 9.96. The van der Waals surface area contributed by atoms with E-state index >= 15 is 0 Å². The molecule has 3 aliphatic rings. The van der Waals surface area contributed by atoms with E-state index in [-0.39, 0.29) is 11.8 Å². The second kappa shape index (κ2) is 7.93. The number of fused-ring (bicyclic) bond motifs is 6. The van der Waals surface area contributed by atoms with Gasteiger partial charge in [0.25, 0.3) is 0 Å². The van der Waals surface area contributed by atoms with Crippen LogP contribution in [-0.2, 0) is 19.0 Å². The van der Waals surface area contributed by atoms with Crippen molar-refractivity contribution in [2.24, 2.45) is 0 Å². The van der Waals surface area contributed by atoms with Gasteiger partial charge in [-0.25, -0.2) is 9.59 Å². The molecule has 5 rings (SSSR count). The van der Waals surface area contributed by atoms with Gasteiger partial charge >= 0.3 is 12.1 Å². The fourth-order valence-corrected chi connectivity index (χ4v) is 4.88. The van der Waals surface area contributed by atoms with Crippen molar-refractivity contribution in [2.75, 3.05) is 20.2 Å². The Labute approximate surface area is 182 Å². The second-order valence-electron chi connectivity index (χ2n) is 8.36. The van der Waals surface area contributed by atoms with Crippen LogP contribution < -0.4 is 0 Å². The molecule has 2 aliphatic heterocycles. The lowest BCUT2D eigenvalue weighted by molar-refractivity contribution is -0.280. The van der Waals surface area contributed by atoms with Crippen LogP contribution in [0.5, 0.6) is 0 Å². The number of piperidine rings is 1. The summed E-state index contributed by atoms with van der Waals surface area (Å²) in [4.78, 5) is 34.9. The third-order valence-corrected chi connectivity index (χ3v) is 6.48. The van der Waals surface area contributed by atoms with Gasteiger partial charge < -0.3 is 34.4 Å². The second-order valence-corrected chi connectivity index (χ2v) is 8.36. The molecule has 0 spiro atoms. The highest BCUT2D eigenvalue weighted by Gasteiger charge is 2.50. The van der Waals surface area contributed by atoms with Gasteiger partial charge in [0.1, 0.15) is 18.3 Å². The number of hydrogen-bond donors (Lipinski definition) is 3. The molecule has 7 atom stereocenters. The lowest BCUT2D eigenvalue weighted by Gasteiger charge is -2.39. The lowest BCUT2D eigenvalue weighted by Crippen LogP contribution is -2.61. The highest BCUT2D eigenvalue weighted by Crippen LogP contribution is 2.47. The first-order valence-electron chi connectivity index (χ1n) is 10.3. The van der Waals surface area contributed by atoms with Crippen LogP contribution in [0.4, 0.5) is 4.79 Å². The molecule has 1 aliphatic carbocycles. The first kappa shape index (κ1) is 21.0. The van der Waals surface area contributed by atoms with Gasteiger partial charge in [0, 0.05) is 37.3 Å². The molecule has 1 amide bonds. The van der Waals surface area contributed by atoms with Gasteiger partial charge in [-0.1, -0.05) is 0 Å². The molecule has 0 radical (unpaired) electrons. The van der Waals surface area contributed by atoms with Gasteiger partial charge in [-0.2, -0.15) is 0 Å². The summed E-state index contributed by atoms with van der Waals surface area (Å²) in [5.74, 6) is -0.740. The summed E-state index contributed by atoms with van der Waals surface area (Å²) in [7, 11) is 1.09. The summed E-state index contributed by atoms with van der Waals surface area (Å²) in [5.41, 5.74) is 3.87. The number of methoxy groups -OCH3 is 1. The van der Waals surface area contributed by atoms with E-state index in [1.54, 1.807) is 12.4 Å². The van der Waals surface area contributed by atoms with Crippen LogP contribution in [-0.4, -0.2) is 93.2 Å². The molecule has 11 heteroatoms. The number of benzene rings is 1. The zero-order valence-electron chi connectivity index (χ0n) is 17.2. The Balaban J connectivity index is 1.32. The Kier molecular flexibility index (Phi) is 5.20. The van der Waals surface area contributed by atoms with Gasteiger partial charge in [0.05, 0.1) is 18.1 Å². The third kappa shape index (κ3) is 3.37. The number of aromatic nitrogens is 2. The minimum absolute atomic E-state index is 0.107. The fourth-order valence-electron chi connectivity index (χ4n) is 4.88. The van der Waals surface area contributed by atoms with E-state index in [9.17, 15) is 24.9 Å². The average Bonchev–Trinajstić information content (AvgIpc) is 3.05. The molecule has 1 aromatic heterocycles. The molecule has 2 bridgehead atoms. The molecule has 2 saturated heterocycles. The van der Waals surface area contributed by atoms with Crippen molar-refractivity contribution in [3.05, 3.63) is 35.7 Å². The first-order valence-corrected chi connectivity index (χ1v) is 10.3. The Morgan fingerprint density at radius 2 is 1.59 bits per heavy atom. The highest BCUT2D eigenvalue weighted by atomic mass is 16.7. The topological polar surface area (TPSA) is 152 Å². The number of ether oxygens (including phenoxy) is 3. The average molecular weight is 445 g/mol. The van der Waals surface area contributed by atoms with E-state index in [0.717, 1.165) is 35.7 Å². The molecule has 3 heterocycles. The van der Waals surface area contributed by atoms with Crippen molar-refractivity contribution in [1.82, 2.24) is 14.9 Å². The molecule has 11 nitrogen and oxygen atoms in total. The zero-order chi connectivity index (χ0) is 22.6. The van der Waals surface area contributed by atoms with Crippen molar-refractivity contribution in [3.63, 3.8) is 0 Å². The first-order chi connectivity index (χ1) is 15.4. The largest absolute Gasteiger partial charge is 0.467 e. The van der Waals surface area contributed by atoms with Gasteiger partial charge in [0.15, 0.2) is 6.10 Å². The molecule has 170 valence electrons. The number of aliphatic hydroxyl groups is 3. The Hall–Kier alpha value is -2.86. The summed E-state index contributed by atoms with van der Waals surface area (Å²) < 4.78 is 15.1. The quantitative estimate of drug-likeness (QED) is 0.522. The summed E-state index contributed by atoms with van der Waals surface area (Å²) in [5, 5.41) is 30.2. The van der Waals surface area contributed by atoms with E-state index in [0.29, 0.717) is 13.1 Å². The van der Waals surface area contributed by atoms with Crippen LogP contribution in [0.1, 0.15) is 29.4 Å². The minimum atomic E-state index is -1.75. The summed E-state index contributed by atoms with van der Waals surface area (Å²) >= 11 is 0. The van der Waals surface area contributed by atoms with Gasteiger partial charge in [-0.05, 0) is 29.7 Å². The van der Waals surface area contributed by atoms with Gasteiger partial charge in [-0.3, -0.25) is 9.97 Å². The number of likely N-dealkylation sites (tertiary alicyclic amines) is 1. The maximum absolute atomic E-state index is 12.9. The molecule has 3 N–H and O–H groups in total. The number of carbonyl (C=O) groups excluding carboxylic acids is 2. The normalized spacial score (nSPS) is 33.6. The SMILES string of the molecule is COC(=O)[C@H]1O[C@@H](OC(=O)N2CC3CC(C2)c2cc4nccnc4cc23)[C@H](O)[C@@H](O)[C@@H]1O. The Bertz CT molecular complexity index is 1010. The molecule has 32 heavy (non-hydrogen) atoms. The van der Waals surface area contributed by atoms with Gasteiger partial charge in [0.2, 0.25) is 6.29 Å². The minimum Gasteiger partial charge on any atom is -0.467 e. The predicted octanol–water partition coefficient (Wildman–Crippen LogP) is -0.367. The van der Waals surface area contributed by atoms with Crippen molar-refractivity contribution in [1.29, 1.82) is 0 Å². The molecular formula is C21H23N3O8. The van der Waals surface area contributed by atoms with E-state index in [2.05, 4.69) is 14.7 Å². The van der Waals surface area contributed by atoms with E-state index in [4.69, 9.17) is 9.47 Å². The van der Waals surface area contributed by atoms with Crippen molar-refractivity contribution in [2.45, 2.75) is 49.0 Å². The number of hydrogen-bond acceptors (Lipinski definition) is 10. The number of carbonyl (C=O) groups is 2.